The number of hydrogen-bond acceptors (Lipinski definition) is 7. The molecule has 2 aromatic carbocycles. The maximum atomic E-state index is 6.02. The molecular weight excluding hydrogens is 360 g/mol. The highest BCUT2D eigenvalue weighted by atomic mass is 32.2. The highest BCUT2D eigenvalue weighted by Crippen LogP contribution is 2.22. The van der Waals surface area contributed by atoms with Gasteiger partial charge in [0.2, 0.25) is 5.16 Å². The first-order valence-corrected chi connectivity index (χ1v) is 9.22. The Morgan fingerprint density at radius 3 is 2.67 bits per heavy atom. The summed E-state index contributed by atoms with van der Waals surface area (Å²) in [7, 11) is 1.65. The van der Waals surface area contributed by atoms with Gasteiger partial charge in [0.1, 0.15) is 5.75 Å². The molecule has 3 rings (SSSR count). The monoisotopic (exact) mass is 380 g/mol. The van der Waals surface area contributed by atoms with Crippen molar-refractivity contribution in [2.45, 2.75) is 10.9 Å². The molecule has 0 aliphatic carbocycles. The van der Waals surface area contributed by atoms with Crippen molar-refractivity contribution in [3.05, 3.63) is 71.8 Å². The second-order valence-corrected chi connectivity index (χ2v) is 6.42. The number of benzene rings is 2. The van der Waals surface area contributed by atoms with Crippen LogP contribution < -0.4 is 16.0 Å². The molecule has 0 bridgehead atoms. The topological polar surface area (TPSA) is 90.4 Å². The van der Waals surface area contributed by atoms with Crippen molar-refractivity contribution < 1.29 is 4.74 Å². The van der Waals surface area contributed by atoms with Crippen molar-refractivity contribution >= 4 is 30.0 Å². The average Bonchev–Trinajstić information content (AvgIpc) is 3.07. The van der Waals surface area contributed by atoms with Crippen LogP contribution in [-0.2, 0) is 5.75 Å². The van der Waals surface area contributed by atoms with Gasteiger partial charge in [-0.05, 0) is 29.3 Å². The number of ether oxygens (including phenoxy) is 1. The Hall–Kier alpha value is -3.26. The first kappa shape index (κ1) is 18.5. The van der Waals surface area contributed by atoms with E-state index in [1.165, 1.54) is 16.4 Å². The van der Waals surface area contributed by atoms with Crippen molar-refractivity contribution in [3.8, 4) is 5.75 Å². The van der Waals surface area contributed by atoms with Crippen molar-refractivity contribution in [2.24, 2.45) is 5.10 Å². The quantitative estimate of drug-likeness (QED) is 0.269. The molecule has 0 fully saturated rings. The van der Waals surface area contributed by atoms with Crippen LogP contribution in [0, 0.1) is 0 Å². The molecule has 27 heavy (non-hydrogen) atoms. The number of nitrogens with zero attached hydrogens (tertiary/aromatic N) is 4. The zero-order valence-corrected chi connectivity index (χ0v) is 15.6. The van der Waals surface area contributed by atoms with Crippen LogP contribution in [0.25, 0.3) is 6.08 Å². The Morgan fingerprint density at radius 2 is 1.93 bits per heavy atom. The maximum Gasteiger partial charge on any atom is 0.264 e. The van der Waals surface area contributed by atoms with Gasteiger partial charge in [-0.15, -0.1) is 10.2 Å². The maximum absolute atomic E-state index is 6.02. The van der Waals surface area contributed by atoms with E-state index < -0.39 is 0 Å². The Morgan fingerprint density at radius 1 is 1.15 bits per heavy atom. The standard InChI is InChI=1S/C19H20N6OS/c1-26-17-11-9-16(10-12-17)14-27-19-24-23-18(25(19)20)22-21-13-5-8-15-6-3-2-4-7-15/h2-13H,14,20H2,1H3,(H,22,23)/b8-5+,21-13+. The number of hydrogen-bond donors (Lipinski definition) is 2. The van der Waals surface area contributed by atoms with Gasteiger partial charge in [-0.1, -0.05) is 60.3 Å². The third kappa shape index (κ3) is 5.35. The van der Waals surface area contributed by atoms with Crippen LogP contribution in [0.4, 0.5) is 5.95 Å². The third-order valence-corrected chi connectivity index (χ3v) is 4.62. The summed E-state index contributed by atoms with van der Waals surface area (Å²) in [6, 6.07) is 17.8. The zero-order valence-electron chi connectivity index (χ0n) is 14.8. The fourth-order valence-corrected chi connectivity index (χ4v) is 2.99. The number of rotatable bonds is 8. The summed E-state index contributed by atoms with van der Waals surface area (Å²) in [6.45, 7) is 0. The number of methoxy groups -OCH3 is 1. The normalized spacial score (nSPS) is 11.3. The summed E-state index contributed by atoms with van der Waals surface area (Å²) in [5.41, 5.74) is 5.03. The number of nitrogen functional groups attached to an aromatic ring is 1. The van der Waals surface area contributed by atoms with Gasteiger partial charge in [0, 0.05) is 12.0 Å². The van der Waals surface area contributed by atoms with Crippen molar-refractivity contribution in [2.75, 3.05) is 18.4 Å². The number of nitrogens with two attached hydrogens (primary N) is 1. The van der Waals surface area contributed by atoms with E-state index in [2.05, 4.69) is 20.7 Å². The molecule has 7 nitrogen and oxygen atoms in total. The predicted octanol–water partition coefficient (Wildman–Crippen LogP) is 3.40. The van der Waals surface area contributed by atoms with Gasteiger partial charge in [0.05, 0.1) is 7.11 Å². The van der Waals surface area contributed by atoms with Crippen LogP contribution in [0.5, 0.6) is 5.75 Å². The van der Waals surface area contributed by atoms with E-state index in [-0.39, 0.29) is 0 Å². The molecule has 0 saturated heterocycles. The van der Waals surface area contributed by atoms with Crippen LogP contribution in [-0.4, -0.2) is 28.2 Å². The van der Waals surface area contributed by atoms with Crippen LogP contribution in [0.3, 0.4) is 0 Å². The van der Waals surface area contributed by atoms with E-state index in [1.54, 1.807) is 13.3 Å². The molecule has 138 valence electrons. The van der Waals surface area contributed by atoms with Gasteiger partial charge >= 0.3 is 0 Å². The smallest absolute Gasteiger partial charge is 0.264 e. The molecule has 0 spiro atoms. The molecular formula is C19H20N6OS. The molecule has 3 N–H and O–H groups in total. The number of aromatic nitrogens is 3. The molecule has 0 amide bonds. The van der Waals surface area contributed by atoms with Gasteiger partial charge in [-0.2, -0.15) is 5.10 Å². The first-order chi connectivity index (χ1) is 13.3. The van der Waals surface area contributed by atoms with Gasteiger partial charge in [-0.25, -0.2) is 10.1 Å². The molecule has 0 radical (unpaired) electrons. The molecule has 1 heterocycles. The predicted molar refractivity (Wildman–Crippen MR) is 110 cm³/mol. The molecule has 8 heteroatoms. The summed E-state index contributed by atoms with van der Waals surface area (Å²) < 4.78 is 6.54. The second kappa shape index (κ2) is 9.44. The number of anilines is 1. The van der Waals surface area contributed by atoms with E-state index in [4.69, 9.17) is 10.6 Å². The van der Waals surface area contributed by atoms with E-state index in [1.807, 2.05) is 66.7 Å². The van der Waals surface area contributed by atoms with Crippen LogP contribution >= 0.6 is 11.8 Å². The summed E-state index contributed by atoms with van der Waals surface area (Å²) >= 11 is 1.49. The molecule has 0 saturated carbocycles. The lowest BCUT2D eigenvalue weighted by Crippen LogP contribution is -2.13. The molecule has 0 aliphatic heterocycles. The minimum atomic E-state index is 0.372. The molecule has 0 atom stereocenters. The van der Waals surface area contributed by atoms with E-state index >= 15 is 0 Å². The number of allylic oxidation sites excluding steroid dienone is 1. The fourth-order valence-electron chi connectivity index (χ4n) is 2.18. The Kier molecular flexibility index (Phi) is 6.48. The van der Waals surface area contributed by atoms with Crippen LogP contribution in [0.2, 0.25) is 0 Å². The highest BCUT2D eigenvalue weighted by molar-refractivity contribution is 7.98. The van der Waals surface area contributed by atoms with Crippen molar-refractivity contribution in [1.29, 1.82) is 0 Å². The summed E-state index contributed by atoms with van der Waals surface area (Å²) in [4.78, 5) is 0. The lowest BCUT2D eigenvalue weighted by Gasteiger charge is -2.04. The van der Waals surface area contributed by atoms with Gasteiger partial charge in [0.25, 0.3) is 5.95 Å². The lowest BCUT2D eigenvalue weighted by atomic mass is 10.2. The lowest BCUT2D eigenvalue weighted by molar-refractivity contribution is 0.414. The van der Waals surface area contributed by atoms with E-state index in [9.17, 15) is 0 Å². The SMILES string of the molecule is COc1ccc(CSc2nnc(N/N=C/C=C/c3ccccc3)n2N)cc1. The van der Waals surface area contributed by atoms with Crippen LogP contribution in [0.1, 0.15) is 11.1 Å². The average molecular weight is 380 g/mol. The Labute approximate surface area is 161 Å². The van der Waals surface area contributed by atoms with Crippen molar-refractivity contribution in [1.82, 2.24) is 14.9 Å². The number of nitrogens with one attached hydrogen (secondary N) is 1. The summed E-state index contributed by atoms with van der Waals surface area (Å²) in [6.07, 6.45) is 5.42. The van der Waals surface area contributed by atoms with Crippen molar-refractivity contribution in [3.63, 3.8) is 0 Å². The fraction of sp³-hybridized carbons (Fsp3) is 0.105. The minimum absolute atomic E-state index is 0.372. The zero-order chi connectivity index (χ0) is 18.9. The second-order valence-electron chi connectivity index (χ2n) is 5.47. The summed E-state index contributed by atoms with van der Waals surface area (Å²) in [5.74, 6) is 7.94. The highest BCUT2D eigenvalue weighted by Gasteiger charge is 2.09. The number of thioether (sulfide) groups is 1. The Balaban J connectivity index is 1.52. The largest absolute Gasteiger partial charge is 0.497 e. The molecule has 0 unspecified atom stereocenters. The summed E-state index contributed by atoms with van der Waals surface area (Å²) in [5, 5.41) is 12.8. The van der Waals surface area contributed by atoms with E-state index in [0.717, 1.165) is 22.6 Å². The minimum Gasteiger partial charge on any atom is -0.497 e. The number of hydrazone groups is 1. The van der Waals surface area contributed by atoms with Crippen LogP contribution in [0.15, 0.2) is 70.9 Å². The van der Waals surface area contributed by atoms with Gasteiger partial charge in [0.15, 0.2) is 0 Å². The van der Waals surface area contributed by atoms with Gasteiger partial charge < -0.3 is 10.6 Å². The Bertz CT molecular complexity index is 906. The van der Waals surface area contributed by atoms with E-state index in [0.29, 0.717) is 11.1 Å². The third-order valence-electron chi connectivity index (χ3n) is 3.60. The molecule has 0 aliphatic rings. The molecule has 3 aromatic rings. The first-order valence-electron chi connectivity index (χ1n) is 8.23. The molecule has 1 aromatic heterocycles. The van der Waals surface area contributed by atoms with Gasteiger partial charge in [-0.3, -0.25) is 0 Å².